The lowest BCUT2D eigenvalue weighted by molar-refractivity contribution is -0.147. The highest BCUT2D eigenvalue weighted by Crippen LogP contribution is 2.19. The van der Waals surface area contributed by atoms with Gasteiger partial charge in [-0.05, 0) is 30.7 Å². The number of thioether (sulfide) groups is 1. The molecule has 0 radical (unpaired) electrons. The summed E-state index contributed by atoms with van der Waals surface area (Å²) in [7, 11) is 0. The van der Waals surface area contributed by atoms with Crippen molar-refractivity contribution < 1.29 is 19.1 Å². The smallest absolute Gasteiger partial charge is 0.326 e. The number of carbonyl (C=O) groups excluding carboxylic acids is 3. The topological polar surface area (TPSA) is 75.7 Å². The number of esters is 1. The van der Waals surface area contributed by atoms with Crippen molar-refractivity contribution in [1.29, 1.82) is 0 Å². The third-order valence-electron chi connectivity index (χ3n) is 2.99. The molecule has 0 aromatic heterocycles. The summed E-state index contributed by atoms with van der Waals surface area (Å²) in [6.07, 6.45) is 0. The van der Waals surface area contributed by atoms with Crippen molar-refractivity contribution in [3.8, 4) is 0 Å². The molecule has 0 aliphatic carbocycles. The molecule has 1 fully saturated rings. The quantitative estimate of drug-likeness (QED) is 0.831. The van der Waals surface area contributed by atoms with Gasteiger partial charge < -0.3 is 15.0 Å². The van der Waals surface area contributed by atoms with Crippen LogP contribution in [0.3, 0.4) is 0 Å². The van der Waals surface area contributed by atoms with Gasteiger partial charge in [-0.25, -0.2) is 0 Å². The standard InChI is InChI=1S/C14H15ClN2O4S/c1-9-6-10(15)2-3-11(9)16-12(18)8-21-13(19)7-17-4-5-22-14(17)20/h2-3,6H,4-5,7-8H2,1H3,(H,16,18). The van der Waals surface area contributed by atoms with E-state index in [9.17, 15) is 14.4 Å². The van der Waals surface area contributed by atoms with E-state index in [-0.39, 0.29) is 11.8 Å². The Labute approximate surface area is 137 Å². The Morgan fingerprint density at radius 2 is 2.23 bits per heavy atom. The summed E-state index contributed by atoms with van der Waals surface area (Å²) in [5.74, 6) is -0.373. The Bertz CT molecular complexity index is 609. The van der Waals surface area contributed by atoms with E-state index in [2.05, 4.69) is 5.32 Å². The third-order valence-corrected chi connectivity index (χ3v) is 4.12. The first-order chi connectivity index (χ1) is 10.5. The number of hydrogen-bond donors (Lipinski definition) is 1. The molecular formula is C14H15ClN2O4S. The molecule has 1 N–H and O–H groups in total. The van der Waals surface area contributed by atoms with Crippen LogP contribution in [0.4, 0.5) is 10.5 Å². The molecule has 0 unspecified atom stereocenters. The summed E-state index contributed by atoms with van der Waals surface area (Å²) in [6, 6.07) is 5.06. The second-order valence-electron chi connectivity index (χ2n) is 4.70. The Morgan fingerprint density at radius 3 is 2.86 bits per heavy atom. The van der Waals surface area contributed by atoms with Crippen molar-refractivity contribution in [2.45, 2.75) is 6.92 Å². The van der Waals surface area contributed by atoms with Crippen molar-refractivity contribution >= 4 is 46.2 Å². The number of amides is 2. The van der Waals surface area contributed by atoms with Crippen LogP contribution in [0.1, 0.15) is 5.56 Å². The fourth-order valence-electron chi connectivity index (χ4n) is 1.87. The zero-order chi connectivity index (χ0) is 16.1. The number of hydrogen-bond acceptors (Lipinski definition) is 5. The van der Waals surface area contributed by atoms with E-state index in [4.69, 9.17) is 16.3 Å². The molecule has 6 nitrogen and oxygen atoms in total. The minimum absolute atomic E-state index is 0.126. The Kier molecular flexibility index (Phi) is 5.68. The lowest BCUT2D eigenvalue weighted by Gasteiger charge is -2.13. The minimum atomic E-state index is -0.598. The van der Waals surface area contributed by atoms with Crippen molar-refractivity contribution in [2.75, 3.05) is 30.8 Å². The molecule has 1 saturated heterocycles. The molecule has 1 aliphatic heterocycles. The van der Waals surface area contributed by atoms with Gasteiger partial charge in [-0.15, -0.1) is 0 Å². The lowest BCUT2D eigenvalue weighted by Crippen LogP contribution is -2.32. The number of halogens is 1. The van der Waals surface area contributed by atoms with E-state index >= 15 is 0 Å². The monoisotopic (exact) mass is 342 g/mol. The highest BCUT2D eigenvalue weighted by Gasteiger charge is 2.24. The SMILES string of the molecule is Cc1cc(Cl)ccc1NC(=O)COC(=O)CN1CCSC1=O. The van der Waals surface area contributed by atoms with Crippen LogP contribution in [0.5, 0.6) is 0 Å². The van der Waals surface area contributed by atoms with Crippen LogP contribution >= 0.6 is 23.4 Å². The van der Waals surface area contributed by atoms with Gasteiger partial charge >= 0.3 is 5.97 Å². The summed E-state index contributed by atoms with van der Waals surface area (Å²) < 4.78 is 4.87. The van der Waals surface area contributed by atoms with E-state index in [0.29, 0.717) is 23.0 Å². The fraction of sp³-hybridized carbons (Fsp3) is 0.357. The molecule has 118 valence electrons. The average molecular weight is 343 g/mol. The van der Waals surface area contributed by atoms with Crippen molar-refractivity contribution in [1.82, 2.24) is 4.90 Å². The van der Waals surface area contributed by atoms with Gasteiger partial charge in [0.1, 0.15) is 6.54 Å². The third kappa shape index (κ3) is 4.64. The van der Waals surface area contributed by atoms with Crippen LogP contribution in [0.25, 0.3) is 0 Å². The molecule has 1 heterocycles. The fourth-order valence-corrected chi connectivity index (χ4v) is 2.92. The first-order valence-electron chi connectivity index (χ1n) is 6.59. The van der Waals surface area contributed by atoms with E-state index in [1.165, 1.54) is 16.7 Å². The van der Waals surface area contributed by atoms with Crippen LogP contribution < -0.4 is 5.32 Å². The van der Waals surface area contributed by atoms with E-state index in [0.717, 1.165) is 5.56 Å². The van der Waals surface area contributed by atoms with Crippen molar-refractivity contribution in [2.24, 2.45) is 0 Å². The molecule has 1 aromatic carbocycles. The maximum absolute atomic E-state index is 11.7. The molecule has 1 aliphatic rings. The molecule has 2 amide bonds. The van der Waals surface area contributed by atoms with Crippen LogP contribution in [-0.4, -0.2) is 47.5 Å². The molecule has 1 aromatic rings. The predicted molar refractivity (Wildman–Crippen MR) is 85.2 cm³/mol. The summed E-state index contributed by atoms with van der Waals surface area (Å²) in [6.45, 7) is 1.81. The van der Waals surface area contributed by atoms with Crippen molar-refractivity contribution in [3.63, 3.8) is 0 Å². The molecule has 0 atom stereocenters. The van der Waals surface area contributed by atoms with Gasteiger partial charge in [-0.2, -0.15) is 0 Å². The lowest BCUT2D eigenvalue weighted by atomic mass is 10.2. The van der Waals surface area contributed by atoms with Crippen LogP contribution in [0.15, 0.2) is 18.2 Å². The number of rotatable bonds is 5. The molecule has 2 rings (SSSR count). The van der Waals surface area contributed by atoms with Crippen LogP contribution in [0, 0.1) is 6.92 Å². The van der Waals surface area contributed by atoms with Gasteiger partial charge in [0.15, 0.2) is 6.61 Å². The first kappa shape index (κ1) is 16.6. The van der Waals surface area contributed by atoms with E-state index in [1.807, 2.05) is 6.92 Å². The molecule has 8 heteroatoms. The molecule has 0 saturated carbocycles. The van der Waals surface area contributed by atoms with Gasteiger partial charge in [0.25, 0.3) is 11.1 Å². The summed E-state index contributed by atoms with van der Waals surface area (Å²) in [5.41, 5.74) is 1.42. The summed E-state index contributed by atoms with van der Waals surface area (Å²) >= 11 is 7.00. The highest BCUT2D eigenvalue weighted by atomic mass is 35.5. The molecule has 22 heavy (non-hydrogen) atoms. The number of nitrogens with one attached hydrogen (secondary N) is 1. The van der Waals surface area contributed by atoms with E-state index < -0.39 is 18.5 Å². The van der Waals surface area contributed by atoms with Crippen LogP contribution in [0.2, 0.25) is 5.02 Å². The normalized spacial score (nSPS) is 14.1. The van der Waals surface area contributed by atoms with Gasteiger partial charge in [0.05, 0.1) is 0 Å². The Morgan fingerprint density at radius 1 is 1.45 bits per heavy atom. The summed E-state index contributed by atoms with van der Waals surface area (Å²) in [5, 5.41) is 3.07. The number of ether oxygens (including phenoxy) is 1. The average Bonchev–Trinajstić information content (AvgIpc) is 2.85. The van der Waals surface area contributed by atoms with Gasteiger partial charge in [0, 0.05) is 23.0 Å². The Hall–Kier alpha value is -1.73. The predicted octanol–water partition coefficient (Wildman–Crippen LogP) is 2.30. The maximum Gasteiger partial charge on any atom is 0.326 e. The highest BCUT2D eigenvalue weighted by molar-refractivity contribution is 8.13. The zero-order valence-corrected chi connectivity index (χ0v) is 13.5. The zero-order valence-electron chi connectivity index (χ0n) is 11.9. The number of anilines is 1. The van der Waals surface area contributed by atoms with Crippen LogP contribution in [-0.2, 0) is 14.3 Å². The first-order valence-corrected chi connectivity index (χ1v) is 7.95. The number of carbonyl (C=O) groups is 3. The second-order valence-corrected chi connectivity index (χ2v) is 6.19. The largest absolute Gasteiger partial charge is 0.454 e. The number of aryl methyl sites for hydroxylation is 1. The Balaban J connectivity index is 1.77. The maximum atomic E-state index is 11.7. The van der Waals surface area contributed by atoms with Gasteiger partial charge in [-0.1, -0.05) is 23.4 Å². The molecule has 0 spiro atoms. The van der Waals surface area contributed by atoms with Gasteiger partial charge in [0.2, 0.25) is 0 Å². The summed E-state index contributed by atoms with van der Waals surface area (Å²) in [4.78, 5) is 36.1. The number of benzene rings is 1. The second kappa shape index (κ2) is 7.51. The molecule has 0 bridgehead atoms. The van der Waals surface area contributed by atoms with E-state index in [1.54, 1.807) is 18.2 Å². The minimum Gasteiger partial charge on any atom is -0.454 e. The molecular weight excluding hydrogens is 328 g/mol. The van der Waals surface area contributed by atoms with Gasteiger partial charge in [-0.3, -0.25) is 14.4 Å². The number of nitrogens with zero attached hydrogens (tertiary/aromatic N) is 1. The van der Waals surface area contributed by atoms with Crippen molar-refractivity contribution in [3.05, 3.63) is 28.8 Å².